The SMILES string of the molecule is CCC1CC(NC(C)C(=O)NC(C)(C)C)CCO1. The van der Waals surface area contributed by atoms with Crippen LogP contribution in [0.3, 0.4) is 0 Å². The van der Waals surface area contributed by atoms with Crippen molar-refractivity contribution in [1.82, 2.24) is 10.6 Å². The second-order valence-corrected chi connectivity index (χ2v) is 6.25. The summed E-state index contributed by atoms with van der Waals surface area (Å²) >= 11 is 0. The van der Waals surface area contributed by atoms with Crippen LogP contribution in [-0.2, 0) is 9.53 Å². The van der Waals surface area contributed by atoms with Gasteiger partial charge in [0.05, 0.1) is 12.1 Å². The molecule has 1 amide bonds. The molecule has 2 N–H and O–H groups in total. The van der Waals surface area contributed by atoms with Gasteiger partial charge in [-0.2, -0.15) is 0 Å². The van der Waals surface area contributed by atoms with Crippen LogP contribution in [0.5, 0.6) is 0 Å². The predicted octanol–water partition coefficient (Wildman–Crippen LogP) is 1.84. The second-order valence-electron chi connectivity index (χ2n) is 6.25. The first-order valence-corrected chi connectivity index (χ1v) is 7.01. The molecule has 0 aromatic rings. The van der Waals surface area contributed by atoms with E-state index >= 15 is 0 Å². The number of hydrogen-bond donors (Lipinski definition) is 2. The van der Waals surface area contributed by atoms with Crippen LogP contribution in [0.2, 0.25) is 0 Å². The van der Waals surface area contributed by atoms with Gasteiger partial charge in [-0.05, 0) is 47.0 Å². The number of amides is 1. The summed E-state index contributed by atoms with van der Waals surface area (Å²) in [7, 11) is 0. The van der Waals surface area contributed by atoms with Gasteiger partial charge >= 0.3 is 0 Å². The van der Waals surface area contributed by atoms with Gasteiger partial charge in [0.1, 0.15) is 0 Å². The van der Waals surface area contributed by atoms with Gasteiger partial charge in [0, 0.05) is 18.2 Å². The third kappa shape index (κ3) is 5.36. The fourth-order valence-electron chi connectivity index (χ4n) is 2.22. The summed E-state index contributed by atoms with van der Waals surface area (Å²) in [5.74, 6) is 0.0713. The van der Waals surface area contributed by atoms with E-state index in [0.717, 1.165) is 25.9 Å². The van der Waals surface area contributed by atoms with E-state index in [1.54, 1.807) is 0 Å². The van der Waals surface area contributed by atoms with Crippen molar-refractivity contribution in [2.45, 2.75) is 77.6 Å². The Morgan fingerprint density at radius 2 is 2.11 bits per heavy atom. The van der Waals surface area contributed by atoms with Crippen LogP contribution in [0.4, 0.5) is 0 Å². The summed E-state index contributed by atoms with van der Waals surface area (Å²) in [5.41, 5.74) is -0.172. The Morgan fingerprint density at radius 1 is 1.44 bits per heavy atom. The van der Waals surface area contributed by atoms with E-state index in [-0.39, 0.29) is 17.5 Å². The van der Waals surface area contributed by atoms with E-state index in [2.05, 4.69) is 17.6 Å². The molecule has 106 valence electrons. The molecule has 0 aliphatic carbocycles. The topological polar surface area (TPSA) is 50.4 Å². The maximum atomic E-state index is 12.0. The third-order valence-corrected chi connectivity index (χ3v) is 3.20. The molecule has 0 radical (unpaired) electrons. The highest BCUT2D eigenvalue weighted by Gasteiger charge is 2.25. The lowest BCUT2D eigenvalue weighted by molar-refractivity contribution is -0.124. The van der Waals surface area contributed by atoms with Crippen LogP contribution in [0.25, 0.3) is 0 Å². The van der Waals surface area contributed by atoms with Crippen molar-refractivity contribution >= 4 is 5.91 Å². The second kappa shape index (κ2) is 6.53. The molecule has 4 heteroatoms. The third-order valence-electron chi connectivity index (χ3n) is 3.20. The first-order valence-electron chi connectivity index (χ1n) is 7.01. The molecule has 18 heavy (non-hydrogen) atoms. The van der Waals surface area contributed by atoms with Crippen LogP contribution in [0.1, 0.15) is 53.9 Å². The summed E-state index contributed by atoms with van der Waals surface area (Å²) in [6, 6.07) is 0.245. The standard InChI is InChI=1S/C14H28N2O2/c1-6-12-9-11(7-8-18-12)15-10(2)13(17)16-14(3,4)5/h10-12,15H,6-9H2,1-5H3,(H,16,17). The van der Waals surface area contributed by atoms with Crippen molar-refractivity contribution in [3.8, 4) is 0 Å². The zero-order chi connectivity index (χ0) is 13.8. The maximum absolute atomic E-state index is 12.0. The summed E-state index contributed by atoms with van der Waals surface area (Å²) in [4.78, 5) is 12.0. The average molecular weight is 256 g/mol. The van der Waals surface area contributed by atoms with E-state index < -0.39 is 0 Å². The van der Waals surface area contributed by atoms with E-state index in [4.69, 9.17) is 4.74 Å². The molecule has 1 heterocycles. The number of ether oxygens (including phenoxy) is 1. The van der Waals surface area contributed by atoms with Crippen LogP contribution in [0.15, 0.2) is 0 Å². The van der Waals surface area contributed by atoms with Crippen molar-refractivity contribution in [2.24, 2.45) is 0 Å². The molecule has 4 nitrogen and oxygen atoms in total. The summed E-state index contributed by atoms with van der Waals surface area (Å²) < 4.78 is 5.64. The molecule has 0 aromatic carbocycles. The van der Waals surface area contributed by atoms with E-state index in [1.165, 1.54) is 0 Å². The van der Waals surface area contributed by atoms with Gasteiger partial charge in [0.2, 0.25) is 5.91 Å². The van der Waals surface area contributed by atoms with Crippen LogP contribution < -0.4 is 10.6 Å². The van der Waals surface area contributed by atoms with Gasteiger partial charge in [-0.1, -0.05) is 6.92 Å². The highest BCUT2D eigenvalue weighted by molar-refractivity contribution is 5.81. The van der Waals surface area contributed by atoms with Gasteiger partial charge in [-0.3, -0.25) is 4.79 Å². The minimum atomic E-state index is -0.172. The fourth-order valence-corrected chi connectivity index (χ4v) is 2.22. The molecule has 0 aromatic heterocycles. The van der Waals surface area contributed by atoms with E-state index in [1.807, 2.05) is 27.7 Å². The average Bonchev–Trinajstić information content (AvgIpc) is 2.27. The monoisotopic (exact) mass is 256 g/mol. The summed E-state index contributed by atoms with van der Waals surface area (Å²) in [5, 5.41) is 6.41. The highest BCUT2D eigenvalue weighted by Crippen LogP contribution is 2.16. The molecule has 1 aliphatic heterocycles. The van der Waals surface area contributed by atoms with Gasteiger partial charge in [-0.15, -0.1) is 0 Å². The van der Waals surface area contributed by atoms with Gasteiger partial charge in [-0.25, -0.2) is 0 Å². The van der Waals surface area contributed by atoms with Gasteiger partial charge in [0.25, 0.3) is 0 Å². The zero-order valence-electron chi connectivity index (χ0n) is 12.4. The molecule has 3 unspecified atom stereocenters. The number of nitrogens with one attached hydrogen (secondary N) is 2. The Hall–Kier alpha value is -0.610. The molecule has 3 atom stereocenters. The Morgan fingerprint density at radius 3 is 2.67 bits per heavy atom. The Kier molecular flexibility index (Phi) is 5.60. The predicted molar refractivity (Wildman–Crippen MR) is 73.5 cm³/mol. The molecule has 1 fully saturated rings. The van der Waals surface area contributed by atoms with E-state index in [0.29, 0.717) is 12.1 Å². The number of hydrogen-bond acceptors (Lipinski definition) is 3. The quantitative estimate of drug-likeness (QED) is 0.807. The van der Waals surface area contributed by atoms with Crippen molar-refractivity contribution in [3.63, 3.8) is 0 Å². The molecule has 1 rings (SSSR count). The molecule has 0 bridgehead atoms. The number of rotatable bonds is 4. The molecular formula is C14H28N2O2. The van der Waals surface area contributed by atoms with Crippen molar-refractivity contribution in [3.05, 3.63) is 0 Å². The minimum absolute atomic E-state index is 0.0713. The smallest absolute Gasteiger partial charge is 0.237 e. The lowest BCUT2D eigenvalue weighted by Gasteiger charge is -2.32. The van der Waals surface area contributed by atoms with Gasteiger partial charge in [0.15, 0.2) is 0 Å². The molecule has 1 aliphatic rings. The van der Waals surface area contributed by atoms with Crippen molar-refractivity contribution in [1.29, 1.82) is 0 Å². The molecule has 0 spiro atoms. The summed E-state index contributed by atoms with van der Waals surface area (Å²) in [6.07, 6.45) is 3.38. The van der Waals surface area contributed by atoms with Crippen LogP contribution in [0, 0.1) is 0 Å². The molecule has 1 saturated heterocycles. The molecule has 0 saturated carbocycles. The first-order chi connectivity index (χ1) is 8.31. The van der Waals surface area contributed by atoms with Crippen molar-refractivity contribution < 1.29 is 9.53 Å². The maximum Gasteiger partial charge on any atom is 0.237 e. The first kappa shape index (κ1) is 15.4. The number of carbonyl (C=O) groups is 1. The lowest BCUT2D eigenvalue weighted by atomic mass is 10.0. The highest BCUT2D eigenvalue weighted by atomic mass is 16.5. The van der Waals surface area contributed by atoms with Crippen molar-refractivity contribution in [2.75, 3.05) is 6.61 Å². The largest absolute Gasteiger partial charge is 0.378 e. The summed E-state index contributed by atoms with van der Waals surface area (Å²) in [6.45, 7) is 10.9. The zero-order valence-corrected chi connectivity index (χ0v) is 12.4. The van der Waals surface area contributed by atoms with Crippen LogP contribution in [-0.4, -0.2) is 36.2 Å². The Labute approximate surface area is 111 Å². The Balaban J connectivity index is 2.39. The van der Waals surface area contributed by atoms with Gasteiger partial charge < -0.3 is 15.4 Å². The Bertz CT molecular complexity index is 273. The minimum Gasteiger partial charge on any atom is -0.378 e. The molecular weight excluding hydrogens is 228 g/mol. The number of carbonyl (C=O) groups excluding carboxylic acids is 1. The van der Waals surface area contributed by atoms with E-state index in [9.17, 15) is 4.79 Å². The lowest BCUT2D eigenvalue weighted by Crippen LogP contribution is -2.53. The normalized spacial score (nSPS) is 26.7. The fraction of sp³-hybridized carbons (Fsp3) is 0.929. The van der Waals surface area contributed by atoms with Crippen LogP contribution >= 0.6 is 0 Å².